The number of amides is 1. The highest BCUT2D eigenvalue weighted by Gasteiger charge is 2.28. The van der Waals surface area contributed by atoms with Crippen LogP contribution in [0.3, 0.4) is 0 Å². The number of carbonyl (C=O) groups is 1. The molecule has 164 valence electrons. The van der Waals surface area contributed by atoms with Gasteiger partial charge in [0.15, 0.2) is 0 Å². The predicted molar refractivity (Wildman–Crippen MR) is 122 cm³/mol. The van der Waals surface area contributed by atoms with E-state index in [9.17, 15) is 13.2 Å². The highest BCUT2D eigenvalue weighted by Crippen LogP contribution is 2.25. The molecule has 8 heteroatoms. The molecule has 3 rings (SSSR count). The highest BCUT2D eigenvalue weighted by atomic mass is 32.2. The lowest BCUT2D eigenvalue weighted by molar-refractivity contribution is -0.121. The van der Waals surface area contributed by atoms with Gasteiger partial charge in [0, 0.05) is 5.39 Å². The molecule has 0 saturated carbocycles. The summed E-state index contributed by atoms with van der Waals surface area (Å²) in [7, 11) is -2.15. The molecule has 0 aromatic heterocycles. The summed E-state index contributed by atoms with van der Waals surface area (Å²) < 4.78 is 36.8. The number of benzene rings is 3. The number of hydrogen-bond acceptors (Lipinski definition) is 5. The second-order valence-corrected chi connectivity index (χ2v) is 8.91. The van der Waals surface area contributed by atoms with E-state index in [0.717, 1.165) is 27.1 Å². The first-order valence-electron chi connectivity index (χ1n) is 9.83. The normalized spacial score (nSPS) is 12.2. The summed E-state index contributed by atoms with van der Waals surface area (Å²) in [4.78, 5) is 12.7. The first kappa shape index (κ1) is 22.4. The average Bonchev–Trinajstić information content (AvgIpc) is 2.76. The van der Waals surface area contributed by atoms with Crippen molar-refractivity contribution in [3.63, 3.8) is 0 Å². The molecule has 1 N–H and O–H groups in total. The summed E-state index contributed by atoms with van der Waals surface area (Å²) in [6.07, 6.45) is 1.07. The third-order valence-electron chi connectivity index (χ3n) is 4.82. The van der Waals surface area contributed by atoms with Crippen LogP contribution in [0.25, 0.3) is 10.8 Å². The van der Waals surface area contributed by atoms with Crippen molar-refractivity contribution in [1.29, 1.82) is 0 Å². The Morgan fingerprint density at radius 1 is 1.03 bits per heavy atom. The van der Waals surface area contributed by atoms with Crippen molar-refractivity contribution in [2.45, 2.75) is 13.0 Å². The van der Waals surface area contributed by atoms with Gasteiger partial charge in [0.2, 0.25) is 15.9 Å². The molecule has 0 bridgehead atoms. The van der Waals surface area contributed by atoms with Crippen LogP contribution in [0, 0.1) is 0 Å². The Kier molecular flexibility index (Phi) is 7.02. The van der Waals surface area contributed by atoms with Crippen LogP contribution in [0.2, 0.25) is 0 Å². The number of ether oxygens (including phenoxy) is 2. The number of rotatable bonds is 9. The molecule has 3 aromatic rings. The predicted octanol–water partition coefficient (Wildman–Crippen LogP) is 3.20. The highest BCUT2D eigenvalue weighted by molar-refractivity contribution is 7.92. The molecule has 0 fully saturated rings. The Bertz CT molecular complexity index is 1140. The number of carbonyl (C=O) groups excluding carboxylic acids is 1. The molecule has 0 aliphatic carbocycles. The quantitative estimate of drug-likeness (QED) is 0.515. The van der Waals surface area contributed by atoms with Crippen molar-refractivity contribution in [3.8, 4) is 11.5 Å². The van der Waals surface area contributed by atoms with E-state index < -0.39 is 22.0 Å². The van der Waals surface area contributed by atoms with Gasteiger partial charge < -0.3 is 14.8 Å². The number of nitrogens with one attached hydrogen (secondary N) is 1. The van der Waals surface area contributed by atoms with Gasteiger partial charge in [-0.3, -0.25) is 9.10 Å². The molecule has 1 atom stereocenters. The van der Waals surface area contributed by atoms with Crippen LogP contribution in [0.1, 0.15) is 6.92 Å². The van der Waals surface area contributed by atoms with E-state index in [0.29, 0.717) is 11.4 Å². The molecule has 7 nitrogen and oxygen atoms in total. The third kappa shape index (κ3) is 5.46. The number of nitrogens with zero attached hydrogens (tertiary/aromatic N) is 1. The molecule has 1 unspecified atom stereocenters. The lowest BCUT2D eigenvalue weighted by Gasteiger charge is -2.28. The fourth-order valence-electron chi connectivity index (χ4n) is 3.34. The van der Waals surface area contributed by atoms with Gasteiger partial charge in [0.05, 0.1) is 25.6 Å². The van der Waals surface area contributed by atoms with Crippen molar-refractivity contribution in [2.75, 3.05) is 30.8 Å². The zero-order valence-electron chi connectivity index (χ0n) is 17.7. The van der Waals surface area contributed by atoms with Gasteiger partial charge in [-0.1, -0.05) is 36.4 Å². The van der Waals surface area contributed by atoms with Gasteiger partial charge in [-0.15, -0.1) is 0 Å². The zero-order valence-corrected chi connectivity index (χ0v) is 18.6. The lowest BCUT2D eigenvalue weighted by Crippen LogP contribution is -2.48. The van der Waals surface area contributed by atoms with Crippen LogP contribution < -0.4 is 19.1 Å². The van der Waals surface area contributed by atoms with E-state index in [4.69, 9.17) is 9.47 Å². The summed E-state index contributed by atoms with van der Waals surface area (Å²) in [5.41, 5.74) is 0.387. The Hall–Kier alpha value is -3.26. The van der Waals surface area contributed by atoms with Crippen LogP contribution in [-0.2, 0) is 14.8 Å². The standard InChI is InChI=1S/C23H26N2O5S/c1-17(25(31(3,27)28)19-11-13-20(29-2)14-12-19)23(26)24-15-16-30-22-10-6-8-18-7-4-5-9-21(18)22/h4-14,17H,15-16H2,1-3H3,(H,24,26). The van der Waals surface area contributed by atoms with E-state index in [1.165, 1.54) is 7.11 Å². The fraction of sp³-hybridized carbons (Fsp3) is 0.261. The van der Waals surface area contributed by atoms with Gasteiger partial charge in [-0.25, -0.2) is 8.42 Å². The maximum atomic E-state index is 12.7. The molecule has 0 spiro atoms. The maximum absolute atomic E-state index is 12.7. The molecular weight excluding hydrogens is 416 g/mol. The summed E-state index contributed by atoms with van der Waals surface area (Å²) in [6, 6.07) is 19.3. The van der Waals surface area contributed by atoms with Crippen molar-refractivity contribution >= 4 is 32.4 Å². The molecule has 0 aliphatic heterocycles. The first-order chi connectivity index (χ1) is 14.8. The van der Waals surface area contributed by atoms with E-state index in [1.807, 2.05) is 42.5 Å². The monoisotopic (exact) mass is 442 g/mol. The molecule has 0 radical (unpaired) electrons. The number of methoxy groups -OCH3 is 1. The SMILES string of the molecule is COc1ccc(N(C(C)C(=O)NCCOc2cccc3ccccc23)S(C)(=O)=O)cc1. The molecule has 1 amide bonds. The Morgan fingerprint density at radius 2 is 1.71 bits per heavy atom. The van der Waals surface area contributed by atoms with Gasteiger partial charge in [-0.05, 0) is 42.6 Å². The lowest BCUT2D eigenvalue weighted by atomic mass is 10.1. The Balaban J connectivity index is 1.62. The summed E-state index contributed by atoms with van der Waals surface area (Å²) >= 11 is 0. The number of sulfonamides is 1. The molecule has 0 heterocycles. The smallest absolute Gasteiger partial charge is 0.243 e. The Labute approximate surface area is 182 Å². The maximum Gasteiger partial charge on any atom is 0.243 e. The van der Waals surface area contributed by atoms with Gasteiger partial charge in [0.1, 0.15) is 24.1 Å². The minimum Gasteiger partial charge on any atom is -0.497 e. The molecule has 0 aliphatic rings. The van der Waals surface area contributed by atoms with Crippen LogP contribution in [-0.4, -0.2) is 46.9 Å². The second-order valence-electron chi connectivity index (χ2n) is 7.05. The van der Waals surface area contributed by atoms with Gasteiger partial charge in [0.25, 0.3) is 0 Å². The Morgan fingerprint density at radius 3 is 2.39 bits per heavy atom. The van der Waals surface area contributed by atoms with Crippen molar-refractivity contribution < 1.29 is 22.7 Å². The molecular formula is C23H26N2O5S. The summed E-state index contributed by atoms with van der Waals surface area (Å²) in [6.45, 7) is 2.05. The summed E-state index contributed by atoms with van der Waals surface area (Å²) in [5, 5.41) is 4.81. The number of hydrogen-bond donors (Lipinski definition) is 1. The largest absolute Gasteiger partial charge is 0.497 e. The fourth-order valence-corrected chi connectivity index (χ4v) is 4.52. The van der Waals surface area contributed by atoms with Crippen molar-refractivity contribution in [2.24, 2.45) is 0 Å². The van der Waals surface area contributed by atoms with Crippen LogP contribution >= 0.6 is 0 Å². The van der Waals surface area contributed by atoms with E-state index in [1.54, 1.807) is 31.2 Å². The zero-order chi connectivity index (χ0) is 22.4. The minimum absolute atomic E-state index is 0.243. The second kappa shape index (κ2) is 9.70. The first-order valence-corrected chi connectivity index (χ1v) is 11.7. The summed E-state index contributed by atoms with van der Waals surface area (Å²) in [5.74, 6) is 0.916. The third-order valence-corrected chi connectivity index (χ3v) is 6.07. The van der Waals surface area contributed by atoms with E-state index in [-0.39, 0.29) is 13.2 Å². The van der Waals surface area contributed by atoms with Crippen molar-refractivity contribution in [3.05, 3.63) is 66.7 Å². The van der Waals surface area contributed by atoms with Crippen molar-refractivity contribution in [1.82, 2.24) is 5.32 Å². The molecule has 3 aromatic carbocycles. The van der Waals surface area contributed by atoms with Crippen LogP contribution in [0.5, 0.6) is 11.5 Å². The van der Waals surface area contributed by atoms with E-state index in [2.05, 4.69) is 5.32 Å². The molecule has 31 heavy (non-hydrogen) atoms. The van der Waals surface area contributed by atoms with Gasteiger partial charge in [-0.2, -0.15) is 0 Å². The van der Waals surface area contributed by atoms with Crippen LogP contribution in [0.4, 0.5) is 5.69 Å². The number of fused-ring (bicyclic) bond motifs is 1. The topological polar surface area (TPSA) is 84.9 Å². The van der Waals surface area contributed by atoms with Gasteiger partial charge >= 0.3 is 0 Å². The van der Waals surface area contributed by atoms with Crippen LogP contribution in [0.15, 0.2) is 66.7 Å². The molecule has 0 saturated heterocycles. The average molecular weight is 443 g/mol. The number of anilines is 1. The minimum atomic E-state index is -3.68. The van der Waals surface area contributed by atoms with E-state index >= 15 is 0 Å².